The quantitative estimate of drug-likeness (QED) is 0.729. The van der Waals surface area contributed by atoms with Crippen LogP contribution >= 0.6 is 54.8 Å². The number of hydrogen-bond donors (Lipinski definition) is 0. The van der Waals surface area contributed by atoms with Crippen LogP contribution in [0.25, 0.3) is 0 Å². The summed E-state index contributed by atoms with van der Waals surface area (Å²) in [5.41, 5.74) is 0.693. The number of hydrogen-bond acceptors (Lipinski definition) is 2. The zero-order valence-corrected chi connectivity index (χ0v) is 12.8. The maximum atomic E-state index is 12.0. The molecule has 0 aromatic carbocycles. The van der Waals surface area contributed by atoms with Gasteiger partial charge in [0, 0.05) is 19.0 Å². The molecule has 1 amide bonds. The van der Waals surface area contributed by atoms with E-state index in [9.17, 15) is 4.79 Å². The van der Waals surface area contributed by atoms with Crippen molar-refractivity contribution in [3.63, 3.8) is 0 Å². The molecule has 1 heterocycles. The van der Waals surface area contributed by atoms with Crippen LogP contribution in [0.4, 0.5) is 0 Å². The van der Waals surface area contributed by atoms with E-state index in [0.717, 1.165) is 7.57 Å². The molecular weight excluding hydrogens is 365 g/mol. The number of thiophene rings is 1. The Labute approximate surface area is 115 Å². The van der Waals surface area contributed by atoms with Gasteiger partial charge in [-0.15, -0.1) is 22.9 Å². The van der Waals surface area contributed by atoms with Gasteiger partial charge in [0.1, 0.15) is 0 Å². The monoisotopic (exact) mass is 373 g/mol. The molecule has 1 rings (SSSR count). The molecule has 0 saturated heterocycles. The van der Waals surface area contributed by atoms with Crippen molar-refractivity contribution in [1.29, 1.82) is 0 Å². The molecule has 0 saturated carbocycles. The third kappa shape index (κ3) is 3.44. The molecule has 0 unspecified atom stereocenters. The highest BCUT2D eigenvalue weighted by Crippen LogP contribution is 2.32. The van der Waals surface area contributed by atoms with Gasteiger partial charge in [-0.2, -0.15) is 0 Å². The van der Waals surface area contributed by atoms with Crippen molar-refractivity contribution in [3.05, 3.63) is 19.2 Å². The van der Waals surface area contributed by atoms with Gasteiger partial charge < -0.3 is 4.90 Å². The van der Waals surface area contributed by atoms with Crippen molar-refractivity contribution in [2.24, 2.45) is 0 Å². The van der Waals surface area contributed by atoms with E-state index in [1.807, 2.05) is 13.0 Å². The summed E-state index contributed by atoms with van der Waals surface area (Å²) < 4.78 is 1.80. The Bertz CT molecular complexity index is 356. The van der Waals surface area contributed by atoms with Crippen LogP contribution in [0.5, 0.6) is 0 Å². The van der Waals surface area contributed by atoms with Crippen molar-refractivity contribution < 1.29 is 4.79 Å². The number of carbonyl (C=O) groups is 1. The first-order valence-corrected chi connectivity index (χ1v) is 7.34. The number of amides is 1. The van der Waals surface area contributed by atoms with Crippen LogP contribution in [-0.4, -0.2) is 29.8 Å². The van der Waals surface area contributed by atoms with Gasteiger partial charge in [-0.1, -0.05) is 0 Å². The molecule has 1 aromatic heterocycles. The smallest absolute Gasteiger partial charge is 0.255 e. The SMILES string of the molecule is CCN(CCCl)C(=O)c1cc(Br)sc1Br. The molecule has 0 aliphatic rings. The molecule has 2 nitrogen and oxygen atoms in total. The van der Waals surface area contributed by atoms with Crippen molar-refractivity contribution in [2.75, 3.05) is 19.0 Å². The average Bonchev–Trinajstić information content (AvgIpc) is 2.53. The van der Waals surface area contributed by atoms with Crippen LogP contribution in [-0.2, 0) is 0 Å². The second-order valence-electron chi connectivity index (χ2n) is 2.81. The van der Waals surface area contributed by atoms with Gasteiger partial charge in [0.05, 0.1) is 13.1 Å². The Hall–Kier alpha value is 0.420. The summed E-state index contributed by atoms with van der Waals surface area (Å²) in [7, 11) is 0. The van der Waals surface area contributed by atoms with Crippen molar-refractivity contribution in [1.82, 2.24) is 4.90 Å². The van der Waals surface area contributed by atoms with Crippen LogP contribution < -0.4 is 0 Å². The second kappa shape index (κ2) is 6.23. The van der Waals surface area contributed by atoms with E-state index in [4.69, 9.17) is 11.6 Å². The summed E-state index contributed by atoms with van der Waals surface area (Å²) in [5, 5.41) is 0. The Balaban J connectivity index is 2.87. The lowest BCUT2D eigenvalue weighted by molar-refractivity contribution is 0.0773. The Morgan fingerprint density at radius 1 is 1.60 bits per heavy atom. The largest absolute Gasteiger partial charge is 0.338 e. The van der Waals surface area contributed by atoms with Crippen LogP contribution in [0.2, 0.25) is 0 Å². The van der Waals surface area contributed by atoms with E-state index < -0.39 is 0 Å². The van der Waals surface area contributed by atoms with E-state index in [2.05, 4.69) is 31.9 Å². The minimum absolute atomic E-state index is 0.0203. The minimum Gasteiger partial charge on any atom is -0.338 e. The molecule has 0 fully saturated rings. The molecule has 6 heteroatoms. The maximum absolute atomic E-state index is 12.0. The topological polar surface area (TPSA) is 20.3 Å². The molecule has 0 atom stereocenters. The third-order valence-electron chi connectivity index (χ3n) is 1.91. The molecule has 0 spiro atoms. The van der Waals surface area contributed by atoms with E-state index in [1.165, 1.54) is 11.3 Å². The Kier molecular flexibility index (Phi) is 5.60. The zero-order chi connectivity index (χ0) is 11.4. The van der Waals surface area contributed by atoms with Crippen molar-refractivity contribution in [3.8, 4) is 0 Å². The zero-order valence-electron chi connectivity index (χ0n) is 8.10. The first-order valence-electron chi connectivity index (χ1n) is 4.40. The first-order chi connectivity index (χ1) is 7.10. The van der Waals surface area contributed by atoms with Crippen LogP contribution in [0.3, 0.4) is 0 Å². The standard InChI is InChI=1S/C9H10Br2ClNOS/c1-2-13(4-3-12)9(14)6-5-7(10)15-8(6)11/h5H,2-4H2,1H3. The average molecular weight is 376 g/mol. The number of rotatable bonds is 4. The lowest BCUT2D eigenvalue weighted by Gasteiger charge is -2.18. The molecular formula is C9H10Br2ClNOS. The first kappa shape index (κ1) is 13.5. The summed E-state index contributed by atoms with van der Waals surface area (Å²) in [6, 6.07) is 1.83. The summed E-state index contributed by atoms with van der Waals surface area (Å²) in [6.45, 7) is 3.20. The number of nitrogens with zero attached hydrogens (tertiary/aromatic N) is 1. The summed E-state index contributed by atoms with van der Waals surface area (Å²) in [6.07, 6.45) is 0. The third-order valence-corrected chi connectivity index (χ3v) is 4.42. The maximum Gasteiger partial charge on any atom is 0.255 e. The van der Waals surface area contributed by atoms with Gasteiger partial charge in [-0.25, -0.2) is 0 Å². The molecule has 0 N–H and O–H groups in total. The van der Waals surface area contributed by atoms with Gasteiger partial charge in [0.25, 0.3) is 5.91 Å². The fourth-order valence-corrected chi connectivity index (χ4v) is 4.14. The lowest BCUT2D eigenvalue weighted by atomic mass is 10.3. The normalized spacial score (nSPS) is 10.4. The Morgan fingerprint density at radius 3 is 2.67 bits per heavy atom. The van der Waals surface area contributed by atoms with E-state index in [0.29, 0.717) is 24.5 Å². The highest BCUT2D eigenvalue weighted by atomic mass is 79.9. The molecule has 1 aromatic rings. The predicted octanol–water partition coefficient (Wildman–Crippen LogP) is 3.97. The summed E-state index contributed by atoms with van der Waals surface area (Å²) in [4.78, 5) is 13.8. The Morgan fingerprint density at radius 2 is 2.27 bits per heavy atom. The minimum atomic E-state index is 0.0203. The molecule has 0 aliphatic carbocycles. The van der Waals surface area contributed by atoms with Crippen molar-refractivity contribution >= 4 is 60.7 Å². The predicted molar refractivity (Wildman–Crippen MR) is 72.0 cm³/mol. The number of carbonyl (C=O) groups excluding carboxylic acids is 1. The molecule has 0 aliphatic heterocycles. The fraction of sp³-hybridized carbons (Fsp3) is 0.444. The van der Waals surface area contributed by atoms with E-state index >= 15 is 0 Å². The highest BCUT2D eigenvalue weighted by molar-refractivity contribution is 9.12. The summed E-state index contributed by atoms with van der Waals surface area (Å²) in [5.74, 6) is 0.481. The fourth-order valence-electron chi connectivity index (χ4n) is 1.16. The van der Waals surface area contributed by atoms with Crippen LogP contribution in [0.15, 0.2) is 13.6 Å². The van der Waals surface area contributed by atoms with Gasteiger partial charge in [-0.3, -0.25) is 4.79 Å². The number of alkyl halides is 1. The lowest BCUT2D eigenvalue weighted by Crippen LogP contribution is -2.32. The highest BCUT2D eigenvalue weighted by Gasteiger charge is 2.18. The summed E-state index contributed by atoms with van der Waals surface area (Å²) >= 11 is 13.9. The second-order valence-corrected chi connectivity index (χ2v) is 6.94. The molecule has 0 bridgehead atoms. The van der Waals surface area contributed by atoms with Gasteiger partial charge in [0.2, 0.25) is 0 Å². The van der Waals surface area contributed by atoms with E-state index in [-0.39, 0.29) is 5.91 Å². The van der Waals surface area contributed by atoms with Gasteiger partial charge in [-0.05, 0) is 44.8 Å². The molecule has 84 valence electrons. The molecule has 15 heavy (non-hydrogen) atoms. The van der Waals surface area contributed by atoms with Gasteiger partial charge >= 0.3 is 0 Å². The van der Waals surface area contributed by atoms with Gasteiger partial charge in [0.15, 0.2) is 0 Å². The number of halogens is 3. The van der Waals surface area contributed by atoms with Crippen LogP contribution in [0, 0.1) is 0 Å². The van der Waals surface area contributed by atoms with Crippen LogP contribution in [0.1, 0.15) is 17.3 Å². The molecule has 0 radical (unpaired) electrons. The van der Waals surface area contributed by atoms with Crippen molar-refractivity contribution in [2.45, 2.75) is 6.92 Å². The van der Waals surface area contributed by atoms with E-state index in [1.54, 1.807) is 4.90 Å².